The topological polar surface area (TPSA) is 33.5 Å². The van der Waals surface area contributed by atoms with Crippen LogP contribution >= 0.6 is 0 Å². The second-order valence-electron chi connectivity index (χ2n) is 25.0. The Kier molecular flexibility index (Phi) is 14.7. The standard InChI is InChI=1S/C78H67N4O.Pt/c1-76(2,3)58-41-37-54(38-42-58)63-32-22-33-64(57-28-20-27-56(45-57)52-23-12-10-13-24-52)75(63)81-51-80(70-35-18-19-36-71(70)81)60-29-21-30-61(46-60)83-62-47-66(55-39-43-59(44-40-55)77(4,5)6)74-65-31-16-17-34-69(65)82(72(74)48-62)73-49-68(78(7,8)9)67(50-79-73)53-25-14-11-15-26-53;/h10-45,47,49-51H,1-9H3;/q-3;. The molecule has 418 valence electrons. The molecule has 2 aromatic heterocycles. The van der Waals surface area contributed by atoms with Crippen LogP contribution in [0.2, 0.25) is 0 Å². The molecule has 0 bridgehead atoms. The van der Waals surface area contributed by atoms with Crippen LogP contribution in [-0.4, -0.2) is 9.55 Å². The number of fused-ring (bicyclic) bond motifs is 4. The maximum absolute atomic E-state index is 7.10. The minimum Gasteiger partial charge on any atom is -0.509 e. The van der Waals surface area contributed by atoms with Gasteiger partial charge in [-0.05, 0) is 102 Å². The van der Waals surface area contributed by atoms with Crippen molar-refractivity contribution in [2.75, 3.05) is 9.80 Å². The molecule has 84 heavy (non-hydrogen) atoms. The van der Waals surface area contributed by atoms with Gasteiger partial charge in [-0.15, -0.1) is 48.3 Å². The summed E-state index contributed by atoms with van der Waals surface area (Å²) in [6.07, 6.45) is 2.04. The van der Waals surface area contributed by atoms with Gasteiger partial charge in [0, 0.05) is 78.0 Å². The van der Waals surface area contributed by atoms with Crippen molar-refractivity contribution >= 4 is 44.6 Å². The molecule has 12 aromatic rings. The minimum atomic E-state index is -0.177. The van der Waals surface area contributed by atoms with Crippen LogP contribution in [-0.2, 0) is 37.3 Å². The largest absolute Gasteiger partial charge is 0.509 e. The van der Waals surface area contributed by atoms with Crippen molar-refractivity contribution in [3.05, 3.63) is 272 Å². The van der Waals surface area contributed by atoms with Crippen molar-refractivity contribution in [3.8, 4) is 73.0 Å². The van der Waals surface area contributed by atoms with E-state index in [1.807, 2.05) is 12.3 Å². The molecule has 10 aromatic carbocycles. The summed E-state index contributed by atoms with van der Waals surface area (Å²) in [7, 11) is 0. The average Bonchev–Trinajstić information content (AvgIpc) is 1.99. The molecule has 3 heterocycles. The SMILES string of the molecule is CC(C)(C)c1ccc(-c2cccc(-c3cccc(-c4ccccc4)c3)c2N2[CH-]N(c3[c-]c(Oc4[c-]c5c(c(-c6ccc(C(C)(C)C)cc6)c4)c4ccccc4n5-c4cc(C(C)(C)C)c(-c5ccccc5)cn4)ccc3)c3ccccc32)cc1.[Pt]. The molecule has 1 aliphatic heterocycles. The Labute approximate surface area is 510 Å². The Hall–Kier alpha value is -8.76. The molecule has 0 N–H and O–H groups in total. The molecule has 6 heteroatoms. The van der Waals surface area contributed by atoms with Gasteiger partial charge >= 0.3 is 0 Å². The van der Waals surface area contributed by atoms with Crippen LogP contribution in [0.4, 0.5) is 22.7 Å². The van der Waals surface area contributed by atoms with Crippen LogP contribution in [0, 0.1) is 18.8 Å². The summed E-state index contributed by atoms with van der Waals surface area (Å²) in [6, 6.07) is 90.4. The number of aromatic nitrogens is 2. The van der Waals surface area contributed by atoms with Crippen molar-refractivity contribution in [2.24, 2.45) is 0 Å². The molecular formula is C78H67N4OPt-3. The third kappa shape index (κ3) is 10.6. The molecule has 0 unspecified atom stereocenters. The van der Waals surface area contributed by atoms with Crippen LogP contribution in [0.15, 0.2) is 237 Å². The van der Waals surface area contributed by atoms with E-state index in [-0.39, 0.29) is 37.3 Å². The third-order valence-electron chi connectivity index (χ3n) is 16.2. The number of hydrogen-bond donors (Lipinski definition) is 0. The van der Waals surface area contributed by atoms with Crippen molar-refractivity contribution in [2.45, 2.75) is 78.6 Å². The summed E-state index contributed by atoms with van der Waals surface area (Å²) >= 11 is 0. The van der Waals surface area contributed by atoms with Crippen LogP contribution in [0.25, 0.3) is 83.3 Å². The average molecular weight is 1270 g/mol. The van der Waals surface area contributed by atoms with E-state index in [2.05, 4.69) is 320 Å². The van der Waals surface area contributed by atoms with E-state index in [1.54, 1.807) is 0 Å². The third-order valence-corrected chi connectivity index (χ3v) is 16.2. The van der Waals surface area contributed by atoms with Gasteiger partial charge in [-0.25, -0.2) is 4.98 Å². The summed E-state index contributed by atoms with van der Waals surface area (Å²) in [5, 5.41) is 2.20. The van der Waals surface area contributed by atoms with Crippen LogP contribution < -0.4 is 14.5 Å². The smallest absolute Gasteiger partial charge is 0.135 e. The molecule has 0 radical (unpaired) electrons. The van der Waals surface area contributed by atoms with Gasteiger partial charge < -0.3 is 19.1 Å². The van der Waals surface area contributed by atoms with E-state index in [0.717, 1.165) is 94.9 Å². The monoisotopic (exact) mass is 1270 g/mol. The van der Waals surface area contributed by atoms with Crippen molar-refractivity contribution < 1.29 is 25.8 Å². The fraction of sp³-hybridized carbons (Fsp3) is 0.154. The van der Waals surface area contributed by atoms with Gasteiger partial charge in [0.05, 0.1) is 0 Å². The fourth-order valence-electron chi connectivity index (χ4n) is 11.8. The minimum absolute atomic E-state index is 0. The first kappa shape index (κ1) is 55.8. The Morgan fingerprint density at radius 1 is 0.417 bits per heavy atom. The molecule has 0 atom stereocenters. The first-order valence-corrected chi connectivity index (χ1v) is 28.8. The summed E-state index contributed by atoms with van der Waals surface area (Å²) in [5.74, 6) is 1.96. The van der Waals surface area contributed by atoms with Crippen LogP contribution in [0.1, 0.15) is 79.0 Å². The molecular weight excluding hydrogens is 1200 g/mol. The number of rotatable bonds is 10. The number of nitrogens with zero attached hydrogens (tertiary/aromatic N) is 4. The normalized spacial score (nSPS) is 12.6. The summed E-state index contributed by atoms with van der Waals surface area (Å²) in [5.41, 5.74) is 20.8. The van der Waals surface area contributed by atoms with Gasteiger partial charge in [0.2, 0.25) is 0 Å². The predicted octanol–water partition coefficient (Wildman–Crippen LogP) is 21.2. The Bertz CT molecular complexity index is 4370. The van der Waals surface area contributed by atoms with Crippen molar-refractivity contribution in [1.29, 1.82) is 0 Å². The number of ether oxygens (including phenoxy) is 1. The predicted molar refractivity (Wildman–Crippen MR) is 348 cm³/mol. The number of para-hydroxylation sites is 4. The van der Waals surface area contributed by atoms with E-state index >= 15 is 0 Å². The molecule has 0 aliphatic carbocycles. The Balaban J connectivity index is 0.00000694. The molecule has 1 aliphatic rings. The quantitative estimate of drug-likeness (QED) is 0.128. The zero-order valence-electron chi connectivity index (χ0n) is 49.1. The van der Waals surface area contributed by atoms with Crippen molar-refractivity contribution in [3.63, 3.8) is 0 Å². The van der Waals surface area contributed by atoms with Crippen LogP contribution in [0.3, 0.4) is 0 Å². The molecule has 0 saturated carbocycles. The maximum Gasteiger partial charge on any atom is 0.135 e. The number of benzene rings is 10. The van der Waals surface area contributed by atoms with Gasteiger partial charge in [-0.3, -0.25) is 0 Å². The van der Waals surface area contributed by atoms with Gasteiger partial charge in [-0.1, -0.05) is 249 Å². The Morgan fingerprint density at radius 2 is 0.952 bits per heavy atom. The summed E-state index contributed by atoms with van der Waals surface area (Å²) in [6.45, 7) is 22.6. The van der Waals surface area contributed by atoms with Crippen molar-refractivity contribution in [1.82, 2.24) is 9.55 Å². The van der Waals surface area contributed by atoms with Gasteiger partial charge in [0.25, 0.3) is 0 Å². The van der Waals surface area contributed by atoms with E-state index in [1.165, 1.54) is 27.8 Å². The van der Waals surface area contributed by atoms with E-state index in [4.69, 9.17) is 9.72 Å². The second kappa shape index (κ2) is 22.1. The maximum atomic E-state index is 7.10. The molecule has 5 nitrogen and oxygen atoms in total. The summed E-state index contributed by atoms with van der Waals surface area (Å²) < 4.78 is 9.37. The molecule has 0 amide bonds. The number of anilines is 4. The van der Waals surface area contributed by atoms with E-state index in [9.17, 15) is 0 Å². The van der Waals surface area contributed by atoms with Crippen LogP contribution in [0.5, 0.6) is 11.5 Å². The van der Waals surface area contributed by atoms with E-state index in [0.29, 0.717) is 11.5 Å². The zero-order valence-corrected chi connectivity index (χ0v) is 51.4. The van der Waals surface area contributed by atoms with Gasteiger partial charge in [0.1, 0.15) is 5.82 Å². The molecule has 0 saturated heterocycles. The first-order valence-electron chi connectivity index (χ1n) is 28.8. The van der Waals surface area contributed by atoms with Gasteiger partial charge in [0.15, 0.2) is 0 Å². The zero-order chi connectivity index (χ0) is 57.2. The number of pyridine rings is 1. The fourth-order valence-corrected chi connectivity index (χ4v) is 11.8. The first-order chi connectivity index (χ1) is 40.0. The second-order valence-corrected chi connectivity index (χ2v) is 25.0. The molecule has 0 fully saturated rings. The van der Waals surface area contributed by atoms with E-state index < -0.39 is 0 Å². The summed E-state index contributed by atoms with van der Waals surface area (Å²) in [4.78, 5) is 9.88. The van der Waals surface area contributed by atoms with Gasteiger partial charge in [-0.2, -0.15) is 6.07 Å². The Morgan fingerprint density at radius 3 is 1.61 bits per heavy atom. The molecule has 13 rings (SSSR count). The number of hydrogen-bond acceptors (Lipinski definition) is 4. The molecule has 0 spiro atoms.